The summed E-state index contributed by atoms with van der Waals surface area (Å²) < 4.78 is 16.4. The molecular weight excluding hydrogens is 516 g/mol. The lowest BCUT2D eigenvalue weighted by atomic mass is 10.0. The van der Waals surface area contributed by atoms with Gasteiger partial charge >= 0.3 is 17.9 Å². The molecule has 0 aromatic carbocycles. The van der Waals surface area contributed by atoms with Crippen LogP contribution in [0.3, 0.4) is 0 Å². The van der Waals surface area contributed by atoms with Crippen molar-refractivity contribution >= 4 is 17.9 Å². The molecule has 0 rings (SSSR count). The normalized spacial score (nSPS) is 12.1. The lowest BCUT2D eigenvalue weighted by Crippen LogP contribution is -2.30. The van der Waals surface area contributed by atoms with Crippen LogP contribution in [0.2, 0.25) is 0 Å². The summed E-state index contributed by atoms with van der Waals surface area (Å²) in [5.74, 6) is 0.627. The van der Waals surface area contributed by atoms with Crippen LogP contribution in [0.15, 0.2) is 0 Å². The van der Waals surface area contributed by atoms with Gasteiger partial charge in [0.2, 0.25) is 0 Å². The Balaban J connectivity index is 4.35. The third-order valence-electron chi connectivity index (χ3n) is 7.47. The summed E-state index contributed by atoms with van der Waals surface area (Å²) >= 11 is 0. The van der Waals surface area contributed by atoms with E-state index in [-0.39, 0.29) is 31.1 Å². The van der Waals surface area contributed by atoms with E-state index in [1.54, 1.807) is 0 Å². The van der Waals surface area contributed by atoms with E-state index in [4.69, 9.17) is 14.2 Å². The highest BCUT2D eigenvalue weighted by molar-refractivity contribution is 5.71. The third-order valence-corrected chi connectivity index (χ3v) is 7.47. The van der Waals surface area contributed by atoms with Crippen molar-refractivity contribution in [2.45, 2.75) is 182 Å². The number of hydrogen-bond donors (Lipinski definition) is 0. The maximum atomic E-state index is 12.5. The van der Waals surface area contributed by atoms with Crippen molar-refractivity contribution < 1.29 is 28.6 Å². The quantitative estimate of drug-likeness (QED) is 0.0496. The molecule has 0 saturated carbocycles. The van der Waals surface area contributed by atoms with Crippen molar-refractivity contribution in [1.29, 1.82) is 0 Å². The van der Waals surface area contributed by atoms with E-state index in [0.717, 1.165) is 76.0 Å². The van der Waals surface area contributed by atoms with Crippen LogP contribution >= 0.6 is 0 Å². The molecule has 0 aromatic rings. The van der Waals surface area contributed by atoms with Gasteiger partial charge in [0.1, 0.15) is 13.2 Å². The van der Waals surface area contributed by atoms with Gasteiger partial charge in [0.05, 0.1) is 0 Å². The van der Waals surface area contributed by atoms with E-state index in [0.29, 0.717) is 19.3 Å². The second-order valence-electron chi connectivity index (χ2n) is 12.7. The van der Waals surface area contributed by atoms with Crippen molar-refractivity contribution in [3.8, 4) is 0 Å². The highest BCUT2D eigenvalue weighted by Crippen LogP contribution is 2.14. The van der Waals surface area contributed by atoms with Gasteiger partial charge in [-0.15, -0.1) is 0 Å². The Morgan fingerprint density at radius 3 is 1.20 bits per heavy atom. The predicted molar refractivity (Wildman–Crippen MR) is 169 cm³/mol. The first-order valence-electron chi connectivity index (χ1n) is 17.2. The van der Waals surface area contributed by atoms with Crippen LogP contribution in [0.5, 0.6) is 0 Å². The molecule has 6 heteroatoms. The molecule has 0 heterocycles. The molecule has 0 N–H and O–H groups in total. The van der Waals surface area contributed by atoms with E-state index in [1.165, 1.54) is 57.8 Å². The first kappa shape index (κ1) is 39.4. The largest absolute Gasteiger partial charge is 0.462 e. The number of esters is 3. The maximum absolute atomic E-state index is 12.5. The summed E-state index contributed by atoms with van der Waals surface area (Å²) in [5.41, 5.74) is 0. The Labute approximate surface area is 253 Å². The number of unbranched alkanes of at least 4 members (excludes halogenated alkanes) is 14. The van der Waals surface area contributed by atoms with Gasteiger partial charge in [-0.25, -0.2) is 0 Å². The van der Waals surface area contributed by atoms with Crippen molar-refractivity contribution in [3.05, 3.63) is 0 Å². The predicted octanol–water partition coefficient (Wildman–Crippen LogP) is 9.90. The van der Waals surface area contributed by atoms with E-state index in [2.05, 4.69) is 34.6 Å². The summed E-state index contributed by atoms with van der Waals surface area (Å²) in [6.45, 7) is 11.0. The van der Waals surface area contributed by atoms with Gasteiger partial charge < -0.3 is 14.2 Å². The SMILES string of the molecule is CCCCCCCC(=O)OC[C@H](COC(=O)CCCCCCCCC(C)C)OC(=O)CCCCCCCCC(C)C. The van der Waals surface area contributed by atoms with Crippen LogP contribution in [-0.2, 0) is 28.6 Å². The second kappa shape index (κ2) is 28.5. The smallest absolute Gasteiger partial charge is 0.306 e. The van der Waals surface area contributed by atoms with Gasteiger partial charge in [0, 0.05) is 19.3 Å². The van der Waals surface area contributed by atoms with Crippen molar-refractivity contribution in [2.24, 2.45) is 11.8 Å². The highest BCUT2D eigenvalue weighted by Gasteiger charge is 2.19. The lowest BCUT2D eigenvalue weighted by Gasteiger charge is -2.18. The Bertz CT molecular complexity index is 630. The Hall–Kier alpha value is -1.59. The summed E-state index contributed by atoms with van der Waals surface area (Å²) in [4.78, 5) is 37.0. The summed E-state index contributed by atoms with van der Waals surface area (Å²) in [6.07, 6.45) is 21.5. The summed E-state index contributed by atoms with van der Waals surface area (Å²) in [5, 5.41) is 0. The van der Waals surface area contributed by atoms with Crippen molar-refractivity contribution in [3.63, 3.8) is 0 Å². The fraction of sp³-hybridized carbons (Fsp3) is 0.914. The molecule has 0 amide bonds. The first-order valence-corrected chi connectivity index (χ1v) is 17.2. The fourth-order valence-electron chi connectivity index (χ4n) is 4.81. The van der Waals surface area contributed by atoms with Crippen LogP contribution in [0.4, 0.5) is 0 Å². The van der Waals surface area contributed by atoms with Crippen molar-refractivity contribution in [2.75, 3.05) is 13.2 Å². The minimum absolute atomic E-state index is 0.0700. The molecule has 0 aromatic heterocycles. The lowest BCUT2D eigenvalue weighted by molar-refractivity contribution is -0.167. The van der Waals surface area contributed by atoms with Crippen LogP contribution < -0.4 is 0 Å². The number of carbonyl (C=O) groups excluding carboxylic acids is 3. The molecule has 41 heavy (non-hydrogen) atoms. The Morgan fingerprint density at radius 1 is 0.463 bits per heavy atom. The zero-order valence-corrected chi connectivity index (χ0v) is 27.7. The third kappa shape index (κ3) is 29.7. The summed E-state index contributed by atoms with van der Waals surface area (Å²) in [7, 11) is 0. The molecule has 0 radical (unpaired) electrons. The second-order valence-corrected chi connectivity index (χ2v) is 12.7. The minimum atomic E-state index is -0.757. The zero-order chi connectivity index (χ0) is 30.6. The van der Waals surface area contributed by atoms with Gasteiger partial charge in [-0.2, -0.15) is 0 Å². The highest BCUT2D eigenvalue weighted by atomic mass is 16.6. The maximum Gasteiger partial charge on any atom is 0.306 e. The standard InChI is InChI=1S/C35H66O6/c1-6-7-8-13-20-25-33(36)39-28-32(41-35(38)27-22-17-12-10-15-19-24-31(4)5)29-40-34(37)26-21-16-11-9-14-18-23-30(2)3/h30-32H,6-29H2,1-5H3/t32-/m1/s1. The van der Waals surface area contributed by atoms with E-state index in [1.807, 2.05) is 0 Å². The monoisotopic (exact) mass is 582 g/mol. The van der Waals surface area contributed by atoms with Gasteiger partial charge in [0.25, 0.3) is 0 Å². The average molecular weight is 583 g/mol. The van der Waals surface area contributed by atoms with E-state index >= 15 is 0 Å². The van der Waals surface area contributed by atoms with Crippen LogP contribution in [0, 0.1) is 11.8 Å². The number of hydrogen-bond acceptors (Lipinski definition) is 6. The Kier molecular flexibility index (Phi) is 27.4. The van der Waals surface area contributed by atoms with Gasteiger partial charge in [-0.1, -0.05) is 137 Å². The molecule has 0 aliphatic carbocycles. The number of ether oxygens (including phenoxy) is 3. The molecule has 0 fully saturated rings. The van der Waals surface area contributed by atoms with Gasteiger partial charge in [-0.05, 0) is 31.1 Å². The molecule has 0 spiro atoms. The first-order chi connectivity index (χ1) is 19.7. The Morgan fingerprint density at radius 2 is 0.805 bits per heavy atom. The topological polar surface area (TPSA) is 78.9 Å². The van der Waals surface area contributed by atoms with Crippen LogP contribution in [-0.4, -0.2) is 37.2 Å². The molecule has 0 unspecified atom stereocenters. The molecule has 242 valence electrons. The van der Waals surface area contributed by atoms with Crippen LogP contribution in [0.25, 0.3) is 0 Å². The molecule has 0 bridgehead atoms. The fourth-order valence-corrected chi connectivity index (χ4v) is 4.81. The molecular formula is C35H66O6. The zero-order valence-electron chi connectivity index (χ0n) is 27.7. The molecule has 6 nitrogen and oxygen atoms in total. The summed E-state index contributed by atoms with van der Waals surface area (Å²) in [6, 6.07) is 0. The van der Waals surface area contributed by atoms with Gasteiger partial charge in [-0.3, -0.25) is 14.4 Å². The minimum Gasteiger partial charge on any atom is -0.462 e. The van der Waals surface area contributed by atoms with Crippen molar-refractivity contribution in [1.82, 2.24) is 0 Å². The molecule has 0 aliphatic heterocycles. The van der Waals surface area contributed by atoms with Gasteiger partial charge in [0.15, 0.2) is 6.10 Å². The molecule has 0 saturated heterocycles. The van der Waals surface area contributed by atoms with Crippen LogP contribution in [0.1, 0.15) is 176 Å². The van der Waals surface area contributed by atoms with E-state index < -0.39 is 6.10 Å². The molecule has 0 aliphatic rings. The average Bonchev–Trinajstić information content (AvgIpc) is 2.92. The molecule has 1 atom stereocenters. The van der Waals surface area contributed by atoms with E-state index in [9.17, 15) is 14.4 Å². The number of rotatable bonds is 29. The number of carbonyl (C=O) groups is 3.